The summed E-state index contributed by atoms with van der Waals surface area (Å²) >= 11 is 0. The van der Waals surface area contributed by atoms with Crippen LogP contribution in [0.2, 0.25) is 0 Å². The quantitative estimate of drug-likeness (QED) is 0.864. The number of amides is 1. The van der Waals surface area contributed by atoms with Crippen LogP contribution in [-0.2, 0) is 9.53 Å². The van der Waals surface area contributed by atoms with E-state index in [0.29, 0.717) is 30.5 Å². The van der Waals surface area contributed by atoms with Gasteiger partial charge in [0.05, 0.1) is 6.61 Å². The molecule has 8 heteroatoms. The monoisotopic (exact) mass is 371 g/mol. The summed E-state index contributed by atoms with van der Waals surface area (Å²) in [6.45, 7) is 1.84. The van der Waals surface area contributed by atoms with E-state index >= 15 is 0 Å². The molecule has 130 valence electrons. The Morgan fingerprint density at radius 2 is 2.12 bits per heavy atom. The molecular formula is C16H19Cl2N3O3. The van der Waals surface area contributed by atoms with Crippen LogP contribution in [0, 0.1) is 0 Å². The Morgan fingerprint density at radius 1 is 1.25 bits per heavy atom. The van der Waals surface area contributed by atoms with Crippen molar-refractivity contribution in [3.8, 4) is 11.6 Å². The number of aromatic nitrogens is 1. The van der Waals surface area contributed by atoms with Gasteiger partial charge < -0.3 is 20.1 Å². The zero-order chi connectivity index (χ0) is 15.2. The third-order valence-corrected chi connectivity index (χ3v) is 3.18. The Kier molecular flexibility index (Phi) is 8.49. The summed E-state index contributed by atoms with van der Waals surface area (Å²) in [4.78, 5) is 16.2. The van der Waals surface area contributed by atoms with Crippen LogP contribution in [-0.4, -0.2) is 36.7 Å². The summed E-state index contributed by atoms with van der Waals surface area (Å²) in [5.74, 6) is 0.951. The average Bonchev–Trinajstić information content (AvgIpc) is 2.57. The fourth-order valence-electron chi connectivity index (χ4n) is 2.12. The first-order valence-electron chi connectivity index (χ1n) is 7.13. The van der Waals surface area contributed by atoms with Crippen molar-refractivity contribution in [1.29, 1.82) is 0 Å². The fraction of sp³-hybridized carbons (Fsp3) is 0.250. The Labute approximate surface area is 152 Å². The highest BCUT2D eigenvalue weighted by Crippen LogP contribution is 2.22. The maximum atomic E-state index is 12.1. The van der Waals surface area contributed by atoms with Crippen molar-refractivity contribution >= 4 is 36.4 Å². The summed E-state index contributed by atoms with van der Waals surface area (Å²) in [5, 5.41) is 5.96. The molecule has 2 aromatic rings. The minimum Gasteiger partial charge on any atom is -0.439 e. The SMILES string of the molecule is Cl.Cl.O=C(Nc1cccc(Oc2ccccn2)c1)C1CNCCO1. The van der Waals surface area contributed by atoms with Gasteiger partial charge in [-0.25, -0.2) is 4.98 Å². The van der Waals surface area contributed by atoms with E-state index in [1.54, 1.807) is 24.4 Å². The van der Waals surface area contributed by atoms with Gasteiger partial charge in [-0.15, -0.1) is 24.8 Å². The van der Waals surface area contributed by atoms with Gasteiger partial charge in [-0.3, -0.25) is 4.79 Å². The van der Waals surface area contributed by atoms with Crippen LogP contribution < -0.4 is 15.4 Å². The topological polar surface area (TPSA) is 72.5 Å². The number of nitrogens with zero attached hydrogens (tertiary/aromatic N) is 1. The lowest BCUT2D eigenvalue weighted by atomic mass is 10.2. The van der Waals surface area contributed by atoms with Gasteiger partial charge in [0.1, 0.15) is 11.9 Å². The second-order valence-corrected chi connectivity index (χ2v) is 4.85. The molecule has 1 fully saturated rings. The number of rotatable bonds is 4. The number of morpholine rings is 1. The normalized spacial score (nSPS) is 16.2. The molecule has 2 N–H and O–H groups in total. The van der Waals surface area contributed by atoms with Gasteiger partial charge in [-0.05, 0) is 18.2 Å². The Bertz CT molecular complexity index is 637. The second-order valence-electron chi connectivity index (χ2n) is 4.85. The van der Waals surface area contributed by atoms with Gasteiger partial charge in [0.2, 0.25) is 5.88 Å². The van der Waals surface area contributed by atoms with E-state index in [2.05, 4.69) is 15.6 Å². The summed E-state index contributed by atoms with van der Waals surface area (Å²) in [5.41, 5.74) is 0.660. The van der Waals surface area contributed by atoms with E-state index in [-0.39, 0.29) is 30.7 Å². The Morgan fingerprint density at radius 3 is 2.83 bits per heavy atom. The summed E-state index contributed by atoms with van der Waals surface area (Å²) < 4.78 is 11.1. The molecule has 24 heavy (non-hydrogen) atoms. The molecule has 0 radical (unpaired) electrons. The molecule has 2 heterocycles. The molecular weight excluding hydrogens is 353 g/mol. The maximum absolute atomic E-state index is 12.1. The van der Waals surface area contributed by atoms with Crippen molar-refractivity contribution in [1.82, 2.24) is 10.3 Å². The first-order chi connectivity index (χ1) is 10.8. The zero-order valence-electron chi connectivity index (χ0n) is 12.8. The summed E-state index contributed by atoms with van der Waals surface area (Å²) in [7, 11) is 0. The van der Waals surface area contributed by atoms with Gasteiger partial charge in [0.25, 0.3) is 5.91 Å². The lowest BCUT2D eigenvalue weighted by Crippen LogP contribution is -2.45. The standard InChI is InChI=1S/C16H17N3O3.2ClH/c20-16(14-11-17-8-9-21-14)19-12-4-3-5-13(10-12)22-15-6-1-2-7-18-15;;/h1-7,10,14,17H,8-9,11H2,(H,19,20);2*1H. The zero-order valence-corrected chi connectivity index (χ0v) is 14.4. The van der Waals surface area contributed by atoms with Crippen LogP contribution in [0.4, 0.5) is 5.69 Å². The molecule has 0 spiro atoms. The summed E-state index contributed by atoms with van der Waals surface area (Å²) in [6.07, 6.45) is 1.20. The lowest BCUT2D eigenvalue weighted by Gasteiger charge is -2.22. The highest BCUT2D eigenvalue weighted by atomic mass is 35.5. The van der Waals surface area contributed by atoms with Crippen LogP contribution in [0.3, 0.4) is 0 Å². The minimum absolute atomic E-state index is 0. The first-order valence-corrected chi connectivity index (χ1v) is 7.13. The van der Waals surface area contributed by atoms with Gasteiger partial charge in [0.15, 0.2) is 0 Å². The van der Waals surface area contributed by atoms with Crippen LogP contribution in [0.1, 0.15) is 0 Å². The van der Waals surface area contributed by atoms with Gasteiger partial charge >= 0.3 is 0 Å². The lowest BCUT2D eigenvalue weighted by molar-refractivity contribution is -0.128. The molecule has 1 saturated heterocycles. The third-order valence-electron chi connectivity index (χ3n) is 3.18. The number of ether oxygens (including phenoxy) is 2. The van der Waals surface area contributed by atoms with Crippen molar-refractivity contribution in [3.05, 3.63) is 48.7 Å². The Balaban J connectivity index is 0.00000144. The number of halogens is 2. The van der Waals surface area contributed by atoms with Gasteiger partial charge in [0, 0.05) is 37.1 Å². The molecule has 3 rings (SSSR count). The summed E-state index contributed by atoms with van der Waals surface area (Å²) in [6, 6.07) is 12.6. The predicted octanol–water partition coefficient (Wildman–Crippen LogP) is 2.64. The van der Waals surface area contributed by atoms with E-state index < -0.39 is 6.10 Å². The maximum Gasteiger partial charge on any atom is 0.254 e. The average molecular weight is 372 g/mol. The first kappa shape index (κ1) is 20.2. The molecule has 0 saturated carbocycles. The van der Waals surface area contributed by atoms with Crippen LogP contribution >= 0.6 is 24.8 Å². The van der Waals surface area contributed by atoms with E-state index in [1.807, 2.05) is 24.3 Å². The van der Waals surface area contributed by atoms with Crippen molar-refractivity contribution in [3.63, 3.8) is 0 Å². The highest BCUT2D eigenvalue weighted by molar-refractivity contribution is 5.94. The number of pyridine rings is 1. The van der Waals surface area contributed by atoms with E-state index in [4.69, 9.17) is 9.47 Å². The van der Waals surface area contributed by atoms with Crippen molar-refractivity contribution in [2.45, 2.75) is 6.10 Å². The number of nitrogens with one attached hydrogen (secondary N) is 2. The predicted molar refractivity (Wildman–Crippen MR) is 96.5 cm³/mol. The van der Waals surface area contributed by atoms with Gasteiger partial charge in [-0.2, -0.15) is 0 Å². The van der Waals surface area contributed by atoms with Crippen LogP contribution in [0.5, 0.6) is 11.6 Å². The number of benzene rings is 1. The number of hydrogen-bond acceptors (Lipinski definition) is 5. The van der Waals surface area contributed by atoms with E-state index in [0.717, 1.165) is 6.54 Å². The highest BCUT2D eigenvalue weighted by Gasteiger charge is 2.21. The molecule has 1 aromatic heterocycles. The molecule has 0 bridgehead atoms. The second kappa shape index (κ2) is 10.1. The molecule has 0 aliphatic carbocycles. The number of carbonyl (C=O) groups excluding carboxylic acids is 1. The van der Waals surface area contributed by atoms with Crippen LogP contribution in [0.15, 0.2) is 48.7 Å². The van der Waals surface area contributed by atoms with Crippen molar-refractivity contribution < 1.29 is 14.3 Å². The molecule has 1 aliphatic heterocycles. The number of hydrogen-bond donors (Lipinski definition) is 2. The minimum atomic E-state index is -0.464. The van der Waals surface area contributed by atoms with Crippen molar-refractivity contribution in [2.24, 2.45) is 0 Å². The largest absolute Gasteiger partial charge is 0.439 e. The number of carbonyl (C=O) groups is 1. The van der Waals surface area contributed by atoms with E-state index in [1.165, 1.54) is 0 Å². The fourth-order valence-corrected chi connectivity index (χ4v) is 2.12. The third kappa shape index (κ3) is 5.65. The van der Waals surface area contributed by atoms with Gasteiger partial charge in [-0.1, -0.05) is 12.1 Å². The Hall–Kier alpha value is -1.86. The molecule has 1 unspecified atom stereocenters. The molecule has 1 atom stereocenters. The number of anilines is 1. The molecule has 1 aliphatic rings. The van der Waals surface area contributed by atoms with Crippen molar-refractivity contribution in [2.75, 3.05) is 25.0 Å². The molecule has 1 aromatic carbocycles. The van der Waals surface area contributed by atoms with Crippen LogP contribution in [0.25, 0.3) is 0 Å². The molecule has 1 amide bonds. The molecule has 6 nitrogen and oxygen atoms in total. The smallest absolute Gasteiger partial charge is 0.254 e. The van der Waals surface area contributed by atoms with E-state index in [9.17, 15) is 4.79 Å².